The van der Waals surface area contributed by atoms with E-state index in [-0.39, 0.29) is 6.61 Å². The number of aliphatic hydroxyl groups is 3. The quantitative estimate of drug-likeness (QED) is 0.449. The monoisotopic (exact) mass is 254 g/mol. The Kier molecular flexibility index (Phi) is 3.85. The minimum Gasteiger partial charge on any atom is -0.396 e. The minimum atomic E-state index is -0.752. The van der Waals surface area contributed by atoms with E-state index in [0.29, 0.717) is 37.0 Å². The number of rotatable bonds is 4. The molecular formula is C11H18N4O3. The number of hydrogen-bond acceptors (Lipinski definition) is 7. The molecule has 0 amide bonds. The fourth-order valence-corrected chi connectivity index (χ4v) is 1.91. The van der Waals surface area contributed by atoms with Crippen LogP contribution in [0.25, 0.3) is 0 Å². The highest BCUT2D eigenvalue weighted by Gasteiger charge is 2.30. The molecular weight excluding hydrogens is 236 g/mol. The SMILES string of the molecule is Nc1ccc(N2CC(O)C(O)C2)nc1NCCO. The van der Waals surface area contributed by atoms with Crippen LogP contribution in [-0.4, -0.2) is 58.8 Å². The molecule has 0 saturated carbocycles. The van der Waals surface area contributed by atoms with Crippen LogP contribution in [0.5, 0.6) is 0 Å². The summed E-state index contributed by atoms with van der Waals surface area (Å²) in [5, 5.41) is 30.7. The molecule has 2 unspecified atom stereocenters. The number of nitrogens with two attached hydrogens (primary N) is 1. The second-order valence-electron chi connectivity index (χ2n) is 4.30. The molecule has 0 radical (unpaired) electrons. The first kappa shape index (κ1) is 12.9. The molecule has 1 fully saturated rings. The van der Waals surface area contributed by atoms with Crippen LogP contribution in [0.2, 0.25) is 0 Å². The van der Waals surface area contributed by atoms with E-state index in [1.54, 1.807) is 17.0 Å². The van der Waals surface area contributed by atoms with E-state index in [1.165, 1.54) is 0 Å². The lowest BCUT2D eigenvalue weighted by molar-refractivity contribution is 0.0572. The van der Waals surface area contributed by atoms with Crippen molar-refractivity contribution in [3.05, 3.63) is 12.1 Å². The topological polar surface area (TPSA) is 115 Å². The van der Waals surface area contributed by atoms with E-state index in [2.05, 4.69) is 10.3 Å². The number of nitrogens with one attached hydrogen (secondary N) is 1. The summed E-state index contributed by atoms with van der Waals surface area (Å²) in [6.07, 6.45) is -1.50. The molecule has 2 heterocycles. The first-order valence-corrected chi connectivity index (χ1v) is 5.84. The van der Waals surface area contributed by atoms with Gasteiger partial charge in [0.2, 0.25) is 0 Å². The average molecular weight is 254 g/mol. The van der Waals surface area contributed by atoms with E-state index < -0.39 is 12.2 Å². The molecule has 0 bridgehead atoms. The smallest absolute Gasteiger partial charge is 0.151 e. The Hall–Kier alpha value is -1.57. The van der Waals surface area contributed by atoms with E-state index in [9.17, 15) is 10.2 Å². The van der Waals surface area contributed by atoms with Crippen LogP contribution in [0.1, 0.15) is 0 Å². The molecule has 7 nitrogen and oxygen atoms in total. The number of anilines is 3. The van der Waals surface area contributed by atoms with Gasteiger partial charge in [-0.05, 0) is 12.1 Å². The van der Waals surface area contributed by atoms with Crippen LogP contribution < -0.4 is 16.0 Å². The van der Waals surface area contributed by atoms with E-state index >= 15 is 0 Å². The van der Waals surface area contributed by atoms with Gasteiger partial charge in [0.25, 0.3) is 0 Å². The Bertz CT molecular complexity index is 405. The van der Waals surface area contributed by atoms with Crippen molar-refractivity contribution < 1.29 is 15.3 Å². The van der Waals surface area contributed by atoms with Gasteiger partial charge in [0.05, 0.1) is 24.5 Å². The van der Waals surface area contributed by atoms with Crippen molar-refractivity contribution in [1.29, 1.82) is 0 Å². The predicted octanol–water partition coefficient (Wildman–Crippen LogP) is -1.39. The van der Waals surface area contributed by atoms with Crippen molar-refractivity contribution in [3.63, 3.8) is 0 Å². The van der Waals surface area contributed by atoms with Crippen molar-refractivity contribution in [1.82, 2.24) is 4.98 Å². The standard InChI is InChI=1S/C11H18N4O3/c12-7-1-2-10(14-11(7)13-3-4-16)15-5-8(17)9(18)6-15/h1-2,8-9,16-18H,3-6,12H2,(H,13,14). The Morgan fingerprint density at radius 3 is 2.61 bits per heavy atom. The Labute approximate surface area is 105 Å². The molecule has 1 aliphatic rings. The molecule has 7 heteroatoms. The highest BCUT2D eigenvalue weighted by atomic mass is 16.3. The van der Waals surface area contributed by atoms with Crippen molar-refractivity contribution in [2.75, 3.05) is 42.2 Å². The maximum Gasteiger partial charge on any atom is 0.151 e. The zero-order valence-electron chi connectivity index (χ0n) is 9.95. The van der Waals surface area contributed by atoms with Crippen LogP contribution >= 0.6 is 0 Å². The molecule has 100 valence electrons. The van der Waals surface area contributed by atoms with Crippen LogP contribution in [0.4, 0.5) is 17.3 Å². The second-order valence-corrected chi connectivity index (χ2v) is 4.30. The fraction of sp³-hybridized carbons (Fsp3) is 0.545. The lowest BCUT2D eigenvalue weighted by Gasteiger charge is -2.18. The summed E-state index contributed by atoms with van der Waals surface area (Å²) in [5.74, 6) is 1.14. The van der Waals surface area contributed by atoms with Gasteiger partial charge in [0, 0.05) is 19.6 Å². The van der Waals surface area contributed by atoms with Crippen LogP contribution in [0, 0.1) is 0 Å². The van der Waals surface area contributed by atoms with Crippen molar-refractivity contribution in [2.45, 2.75) is 12.2 Å². The third-order valence-corrected chi connectivity index (χ3v) is 2.90. The molecule has 2 atom stereocenters. The van der Waals surface area contributed by atoms with Crippen LogP contribution in [-0.2, 0) is 0 Å². The van der Waals surface area contributed by atoms with Crippen molar-refractivity contribution >= 4 is 17.3 Å². The number of hydrogen-bond donors (Lipinski definition) is 5. The summed E-state index contributed by atoms with van der Waals surface area (Å²) in [4.78, 5) is 6.11. The fourth-order valence-electron chi connectivity index (χ4n) is 1.91. The van der Waals surface area contributed by atoms with Gasteiger partial charge in [0.1, 0.15) is 5.82 Å². The molecule has 1 saturated heterocycles. The third-order valence-electron chi connectivity index (χ3n) is 2.90. The molecule has 1 aliphatic heterocycles. The van der Waals surface area contributed by atoms with E-state index in [0.717, 1.165) is 0 Å². The normalized spacial score (nSPS) is 23.4. The van der Waals surface area contributed by atoms with Gasteiger partial charge in [0.15, 0.2) is 5.82 Å². The van der Waals surface area contributed by atoms with Gasteiger partial charge in [-0.25, -0.2) is 4.98 Å². The van der Waals surface area contributed by atoms with Gasteiger partial charge < -0.3 is 31.3 Å². The number of nitrogen functional groups attached to an aromatic ring is 1. The van der Waals surface area contributed by atoms with Gasteiger partial charge in [-0.3, -0.25) is 0 Å². The molecule has 0 aliphatic carbocycles. The van der Waals surface area contributed by atoms with Crippen molar-refractivity contribution in [3.8, 4) is 0 Å². The molecule has 6 N–H and O–H groups in total. The summed E-state index contributed by atoms with van der Waals surface area (Å²) in [6, 6.07) is 3.45. The van der Waals surface area contributed by atoms with E-state index in [1.807, 2.05) is 0 Å². The Morgan fingerprint density at radius 1 is 1.33 bits per heavy atom. The molecule has 1 aromatic heterocycles. The second kappa shape index (κ2) is 5.38. The first-order chi connectivity index (χ1) is 8.61. The van der Waals surface area contributed by atoms with Crippen LogP contribution in [0.3, 0.4) is 0 Å². The highest BCUT2D eigenvalue weighted by molar-refractivity contribution is 5.65. The summed E-state index contributed by atoms with van der Waals surface area (Å²) < 4.78 is 0. The molecule has 1 aromatic rings. The maximum absolute atomic E-state index is 9.50. The zero-order valence-corrected chi connectivity index (χ0v) is 9.95. The van der Waals surface area contributed by atoms with Gasteiger partial charge >= 0.3 is 0 Å². The van der Waals surface area contributed by atoms with Crippen LogP contribution in [0.15, 0.2) is 12.1 Å². The number of aromatic nitrogens is 1. The third kappa shape index (κ3) is 2.63. The van der Waals surface area contributed by atoms with Crippen molar-refractivity contribution in [2.24, 2.45) is 0 Å². The molecule has 0 aromatic carbocycles. The lowest BCUT2D eigenvalue weighted by Crippen LogP contribution is -2.23. The number of pyridine rings is 1. The highest BCUT2D eigenvalue weighted by Crippen LogP contribution is 2.24. The minimum absolute atomic E-state index is 0.00745. The largest absolute Gasteiger partial charge is 0.396 e. The predicted molar refractivity (Wildman–Crippen MR) is 68.5 cm³/mol. The van der Waals surface area contributed by atoms with Gasteiger partial charge in [-0.2, -0.15) is 0 Å². The summed E-state index contributed by atoms with van der Waals surface area (Å²) >= 11 is 0. The molecule has 2 rings (SSSR count). The number of nitrogens with zero attached hydrogens (tertiary/aromatic N) is 2. The average Bonchev–Trinajstić information content (AvgIpc) is 2.69. The summed E-state index contributed by atoms with van der Waals surface area (Å²) in [6.45, 7) is 1.05. The summed E-state index contributed by atoms with van der Waals surface area (Å²) in [7, 11) is 0. The Morgan fingerprint density at radius 2 is 2.00 bits per heavy atom. The number of aliphatic hydroxyl groups excluding tert-OH is 3. The van der Waals surface area contributed by atoms with E-state index in [4.69, 9.17) is 10.8 Å². The zero-order chi connectivity index (χ0) is 13.1. The first-order valence-electron chi connectivity index (χ1n) is 5.84. The molecule has 0 spiro atoms. The summed E-state index contributed by atoms with van der Waals surface area (Å²) in [5.41, 5.74) is 6.25. The molecule has 18 heavy (non-hydrogen) atoms. The Balaban J connectivity index is 2.14. The number of β-amino-alcohol motifs (C(OH)–C–C–N with tert-alkyl or cyclic N) is 2. The maximum atomic E-state index is 9.50. The lowest BCUT2D eigenvalue weighted by atomic mass is 10.3. The van der Waals surface area contributed by atoms with Gasteiger partial charge in [-0.15, -0.1) is 0 Å². The van der Waals surface area contributed by atoms with Gasteiger partial charge in [-0.1, -0.05) is 0 Å².